The van der Waals surface area contributed by atoms with Gasteiger partial charge in [-0.3, -0.25) is 4.79 Å². The average molecular weight is 361 g/mol. The van der Waals surface area contributed by atoms with Crippen LogP contribution in [0, 0.1) is 5.41 Å². The maximum absolute atomic E-state index is 13.1. The van der Waals surface area contributed by atoms with Gasteiger partial charge in [0.05, 0.1) is 23.4 Å². The van der Waals surface area contributed by atoms with Crippen LogP contribution in [0.5, 0.6) is 0 Å². The zero-order valence-electron chi connectivity index (χ0n) is 15.3. The number of allylic oxidation sites excluding steroid dienone is 1. The Bertz CT molecular complexity index is 975. The molecule has 0 unspecified atom stereocenters. The third kappa shape index (κ3) is 3.10. The summed E-state index contributed by atoms with van der Waals surface area (Å²) in [6.45, 7) is 4.15. The summed E-state index contributed by atoms with van der Waals surface area (Å²) in [6, 6.07) is 13.9. The molecule has 1 aliphatic carbocycles. The first-order chi connectivity index (χ1) is 12.9. The fraction of sp³-hybridized carbons (Fsp3) is 0.273. The summed E-state index contributed by atoms with van der Waals surface area (Å²) < 4.78 is 0. The normalized spacial score (nSPS) is 20.7. The summed E-state index contributed by atoms with van der Waals surface area (Å²) in [5, 5.41) is 18.5. The van der Waals surface area contributed by atoms with Gasteiger partial charge in [0.25, 0.3) is 0 Å². The first-order valence-corrected chi connectivity index (χ1v) is 9.05. The molecule has 1 atom stereocenters. The number of carboxylic acid groups (broad SMARTS) is 1. The predicted octanol–water partition coefficient (Wildman–Crippen LogP) is 3.27. The summed E-state index contributed by atoms with van der Waals surface area (Å²) in [5.74, 6) is -1.21. The molecule has 0 spiro atoms. The highest BCUT2D eigenvalue weighted by molar-refractivity contribution is 6.02. The van der Waals surface area contributed by atoms with Crippen LogP contribution in [0.3, 0.4) is 0 Å². The quantitative estimate of drug-likeness (QED) is 0.858. The van der Waals surface area contributed by atoms with Gasteiger partial charge in [0.1, 0.15) is 0 Å². The Labute approximate surface area is 158 Å². The molecule has 5 nitrogen and oxygen atoms in total. The number of Topliss-reactive ketones (excluding diaryl/α,β-unsaturated/α-hetero) is 1. The van der Waals surface area contributed by atoms with E-state index >= 15 is 0 Å². The van der Waals surface area contributed by atoms with Gasteiger partial charge in [0.2, 0.25) is 0 Å². The van der Waals surface area contributed by atoms with E-state index in [0.29, 0.717) is 24.0 Å². The maximum atomic E-state index is 13.1. The van der Waals surface area contributed by atoms with Crippen molar-refractivity contribution in [3.63, 3.8) is 0 Å². The summed E-state index contributed by atoms with van der Waals surface area (Å²) >= 11 is 0. The zero-order valence-corrected chi connectivity index (χ0v) is 15.3. The second-order valence-corrected chi connectivity index (χ2v) is 7.96. The molecule has 0 aromatic heterocycles. The number of ketones is 1. The number of nitrogens with one attached hydrogen (secondary N) is 2. The van der Waals surface area contributed by atoms with E-state index in [4.69, 9.17) is 0 Å². The first kappa shape index (κ1) is 17.3. The molecule has 0 bridgehead atoms. The van der Waals surface area contributed by atoms with Gasteiger partial charge in [0, 0.05) is 23.3 Å². The lowest BCUT2D eigenvalue weighted by molar-refractivity contribution is -0.255. The van der Waals surface area contributed by atoms with Crippen molar-refractivity contribution in [1.82, 2.24) is 0 Å². The fourth-order valence-electron chi connectivity index (χ4n) is 4.06. The highest BCUT2D eigenvalue weighted by atomic mass is 16.4. The Kier molecular flexibility index (Phi) is 4.02. The molecule has 2 N–H and O–H groups in total. The number of anilines is 2. The van der Waals surface area contributed by atoms with E-state index in [-0.39, 0.29) is 16.8 Å². The van der Waals surface area contributed by atoms with Crippen LogP contribution in [0.25, 0.3) is 0 Å². The number of rotatable bonds is 2. The summed E-state index contributed by atoms with van der Waals surface area (Å²) in [4.78, 5) is 24.8. The Morgan fingerprint density at radius 2 is 1.70 bits per heavy atom. The number of para-hydroxylation sites is 2. The second-order valence-electron chi connectivity index (χ2n) is 7.96. The molecule has 2 aromatic rings. The van der Waals surface area contributed by atoms with Crippen molar-refractivity contribution in [2.75, 3.05) is 10.6 Å². The third-order valence-corrected chi connectivity index (χ3v) is 5.21. The smallest absolute Gasteiger partial charge is 0.163 e. The van der Waals surface area contributed by atoms with Crippen molar-refractivity contribution in [2.24, 2.45) is 5.41 Å². The molecular weight excluding hydrogens is 340 g/mol. The number of benzene rings is 2. The van der Waals surface area contributed by atoms with Crippen LogP contribution in [0.15, 0.2) is 59.8 Å². The van der Waals surface area contributed by atoms with Gasteiger partial charge in [-0.1, -0.05) is 50.2 Å². The second kappa shape index (κ2) is 6.27. The molecule has 0 saturated heterocycles. The van der Waals surface area contributed by atoms with Crippen LogP contribution in [-0.2, 0) is 4.79 Å². The SMILES string of the molecule is CC1(C)CC(=O)C2=C(C1)Nc1ccccc1N[C@H]2c1ccccc1C(=O)[O-]. The topological polar surface area (TPSA) is 81.3 Å². The van der Waals surface area contributed by atoms with Crippen molar-refractivity contribution in [2.45, 2.75) is 32.7 Å². The minimum atomic E-state index is -1.25. The van der Waals surface area contributed by atoms with Gasteiger partial charge < -0.3 is 20.5 Å². The molecule has 2 aliphatic rings. The first-order valence-electron chi connectivity index (χ1n) is 9.05. The van der Waals surface area contributed by atoms with Crippen LogP contribution in [-0.4, -0.2) is 11.8 Å². The highest BCUT2D eigenvalue weighted by Crippen LogP contribution is 2.45. The maximum Gasteiger partial charge on any atom is 0.163 e. The molecule has 4 rings (SSSR count). The van der Waals surface area contributed by atoms with E-state index in [1.807, 2.05) is 24.3 Å². The van der Waals surface area contributed by atoms with E-state index in [0.717, 1.165) is 17.1 Å². The van der Waals surface area contributed by atoms with Crippen molar-refractivity contribution < 1.29 is 14.7 Å². The van der Waals surface area contributed by atoms with E-state index in [9.17, 15) is 14.7 Å². The van der Waals surface area contributed by atoms with Gasteiger partial charge >= 0.3 is 0 Å². The van der Waals surface area contributed by atoms with Crippen LogP contribution in [0.1, 0.15) is 48.7 Å². The standard InChI is InChI=1S/C22H22N2O3/c1-22(2)11-17-19(18(25)12-22)20(13-7-3-4-8-14(13)21(26)27)24-16-10-6-5-9-15(16)23-17/h3-10,20,23-24H,11-12H2,1-2H3,(H,26,27)/p-1/t20-/m0/s1. The Morgan fingerprint density at radius 1 is 1.04 bits per heavy atom. The third-order valence-electron chi connectivity index (χ3n) is 5.21. The van der Waals surface area contributed by atoms with Gasteiger partial charge in [-0.2, -0.15) is 0 Å². The Balaban J connectivity index is 1.94. The number of aromatic carboxylic acids is 1. The minimum Gasteiger partial charge on any atom is -0.545 e. The molecule has 27 heavy (non-hydrogen) atoms. The van der Waals surface area contributed by atoms with Crippen LogP contribution < -0.4 is 15.7 Å². The van der Waals surface area contributed by atoms with E-state index in [2.05, 4.69) is 24.5 Å². The summed E-state index contributed by atoms with van der Waals surface area (Å²) in [6.07, 6.45) is 1.14. The number of fused-ring (bicyclic) bond motifs is 1. The van der Waals surface area contributed by atoms with Gasteiger partial charge in [0.15, 0.2) is 5.78 Å². The van der Waals surface area contributed by atoms with Crippen LogP contribution in [0.2, 0.25) is 0 Å². The molecule has 0 radical (unpaired) electrons. The molecular formula is C22H21N2O3-. The molecule has 5 heteroatoms. The highest BCUT2D eigenvalue weighted by Gasteiger charge is 2.39. The lowest BCUT2D eigenvalue weighted by Gasteiger charge is -2.34. The largest absolute Gasteiger partial charge is 0.545 e. The number of carbonyl (C=O) groups is 2. The van der Waals surface area contributed by atoms with E-state index < -0.39 is 12.0 Å². The predicted molar refractivity (Wildman–Crippen MR) is 102 cm³/mol. The summed E-state index contributed by atoms with van der Waals surface area (Å²) in [7, 11) is 0. The molecule has 0 amide bonds. The lowest BCUT2D eigenvalue weighted by Crippen LogP contribution is -2.33. The summed E-state index contributed by atoms with van der Waals surface area (Å²) in [5.41, 5.74) is 3.65. The molecule has 1 aliphatic heterocycles. The van der Waals surface area contributed by atoms with Crippen molar-refractivity contribution >= 4 is 23.1 Å². The zero-order chi connectivity index (χ0) is 19.2. The number of hydrogen-bond acceptors (Lipinski definition) is 5. The van der Waals surface area contributed by atoms with Crippen molar-refractivity contribution in [1.29, 1.82) is 0 Å². The average Bonchev–Trinajstić information content (AvgIpc) is 2.76. The van der Waals surface area contributed by atoms with Gasteiger partial charge in [-0.05, 0) is 29.5 Å². The van der Waals surface area contributed by atoms with Gasteiger partial charge in [-0.25, -0.2) is 0 Å². The van der Waals surface area contributed by atoms with Crippen LogP contribution >= 0.6 is 0 Å². The molecule has 0 saturated carbocycles. The number of carbonyl (C=O) groups excluding carboxylic acids is 2. The minimum absolute atomic E-state index is 0.0345. The molecule has 2 aromatic carbocycles. The van der Waals surface area contributed by atoms with Crippen molar-refractivity contribution in [3.8, 4) is 0 Å². The van der Waals surface area contributed by atoms with Crippen LogP contribution in [0.4, 0.5) is 11.4 Å². The van der Waals surface area contributed by atoms with Gasteiger partial charge in [-0.15, -0.1) is 0 Å². The Hall–Kier alpha value is -3.08. The van der Waals surface area contributed by atoms with Crippen molar-refractivity contribution in [3.05, 3.63) is 70.9 Å². The fourth-order valence-corrected chi connectivity index (χ4v) is 4.06. The lowest BCUT2D eigenvalue weighted by atomic mass is 9.73. The molecule has 138 valence electrons. The molecule has 0 fully saturated rings. The number of carboxylic acids is 1. The van der Waals surface area contributed by atoms with E-state index in [1.54, 1.807) is 18.2 Å². The Morgan fingerprint density at radius 3 is 2.44 bits per heavy atom. The number of hydrogen-bond donors (Lipinski definition) is 2. The van der Waals surface area contributed by atoms with E-state index in [1.165, 1.54) is 6.07 Å². The molecule has 1 heterocycles. The monoisotopic (exact) mass is 361 g/mol.